The number of hydrogen-bond donors (Lipinski definition) is 1. The van der Waals surface area contributed by atoms with Crippen LogP contribution in [0.2, 0.25) is 0 Å². The molecule has 0 radical (unpaired) electrons. The van der Waals surface area contributed by atoms with Gasteiger partial charge in [-0.25, -0.2) is 0 Å². The van der Waals surface area contributed by atoms with Crippen LogP contribution in [-0.2, 0) is 16.1 Å². The lowest BCUT2D eigenvalue weighted by Crippen LogP contribution is -2.41. The molecule has 1 amide bonds. The van der Waals surface area contributed by atoms with Crippen molar-refractivity contribution in [3.05, 3.63) is 22.4 Å². The zero-order valence-electron chi connectivity index (χ0n) is 10.4. The second-order valence-corrected chi connectivity index (χ2v) is 4.85. The number of methoxy groups -OCH3 is 1. The Balaban J connectivity index is 2.35. The van der Waals surface area contributed by atoms with Crippen molar-refractivity contribution < 1.29 is 9.53 Å². The maximum absolute atomic E-state index is 11.9. The minimum absolute atomic E-state index is 0.00713. The minimum Gasteiger partial charge on any atom is -0.385 e. The van der Waals surface area contributed by atoms with Crippen LogP contribution in [0.1, 0.15) is 18.4 Å². The average molecular weight is 256 g/mol. The predicted octanol–water partition coefficient (Wildman–Crippen LogP) is 1.46. The van der Waals surface area contributed by atoms with Crippen LogP contribution in [0, 0.1) is 0 Å². The lowest BCUT2D eigenvalue weighted by Gasteiger charge is -2.20. The highest BCUT2D eigenvalue weighted by atomic mass is 32.1. The molecule has 0 aliphatic carbocycles. The minimum atomic E-state index is -0.422. The van der Waals surface area contributed by atoms with E-state index in [4.69, 9.17) is 10.5 Å². The topological polar surface area (TPSA) is 55.6 Å². The zero-order chi connectivity index (χ0) is 12.7. The van der Waals surface area contributed by atoms with Crippen molar-refractivity contribution in [3.63, 3.8) is 0 Å². The first-order valence-corrected chi connectivity index (χ1v) is 6.60. The molecule has 17 heavy (non-hydrogen) atoms. The second kappa shape index (κ2) is 7.42. The first-order valence-electron chi connectivity index (χ1n) is 5.65. The summed E-state index contributed by atoms with van der Waals surface area (Å²) >= 11 is 1.63. The molecular formula is C12H20N2O2S. The summed E-state index contributed by atoms with van der Waals surface area (Å²) in [4.78, 5) is 13.6. The molecule has 0 saturated heterocycles. The highest BCUT2D eigenvalue weighted by Gasteiger charge is 2.17. The van der Waals surface area contributed by atoms with E-state index in [0.717, 1.165) is 12.0 Å². The SMILES string of the molecule is COCCCC(N)C(=O)N(C)Cc1ccsc1. The molecule has 2 N–H and O–H groups in total. The van der Waals surface area contributed by atoms with E-state index in [1.807, 2.05) is 16.8 Å². The van der Waals surface area contributed by atoms with Crippen LogP contribution in [-0.4, -0.2) is 37.6 Å². The van der Waals surface area contributed by atoms with Crippen LogP contribution in [0.4, 0.5) is 0 Å². The Hall–Kier alpha value is -0.910. The summed E-state index contributed by atoms with van der Waals surface area (Å²) in [6, 6.07) is 1.60. The predicted molar refractivity (Wildman–Crippen MR) is 69.9 cm³/mol. The van der Waals surface area contributed by atoms with Gasteiger partial charge in [0, 0.05) is 27.3 Å². The van der Waals surface area contributed by atoms with E-state index in [0.29, 0.717) is 19.6 Å². The van der Waals surface area contributed by atoms with E-state index in [1.165, 1.54) is 0 Å². The maximum Gasteiger partial charge on any atom is 0.239 e. The Kier molecular flexibility index (Phi) is 6.18. The van der Waals surface area contributed by atoms with Gasteiger partial charge in [0.2, 0.25) is 5.91 Å². The van der Waals surface area contributed by atoms with E-state index < -0.39 is 6.04 Å². The van der Waals surface area contributed by atoms with Crippen molar-refractivity contribution in [2.75, 3.05) is 20.8 Å². The fraction of sp³-hybridized carbons (Fsp3) is 0.583. The number of thiophene rings is 1. The van der Waals surface area contributed by atoms with Gasteiger partial charge in [-0.15, -0.1) is 0 Å². The van der Waals surface area contributed by atoms with Crippen molar-refractivity contribution in [1.82, 2.24) is 4.90 Å². The van der Waals surface area contributed by atoms with Crippen LogP contribution < -0.4 is 5.73 Å². The molecule has 0 aromatic carbocycles. The van der Waals surface area contributed by atoms with E-state index in [9.17, 15) is 4.79 Å². The molecule has 1 atom stereocenters. The summed E-state index contributed by atoms with van der Waals surface area (Å²) in [6.07, 6.45) is 1.48. The summed E-state index contributed by atoms with van der Waals surface area (Å²) in [6.45, 7) is 1.27. The molecule has 0 bridgehead atoms. The van der Waals surface area contributed by atoms with Gasteiger partial charge in [0.25, 0.3) is 0 Å². The van der Waals surface area contributed by atoms with Gasteiger partial charge in [0.05, 0.1) is 6.04 Å². The van der Waals surface area contributed by atoms with Gasteiger partial charge in [-0.3, -0.25) is 4.79 Å². The third kappa shape index (κ3) is 4.85. The molecule has 1 unspecified atom stereocenters. The number of likely N-dealkylation sites (N-methyl/N-ethyl adjacent to an activating group) is 1. The zero-order valence-corrected chi connectivity index (χ0v) is 11.2. The molecule has 0 aliphatic rings. The Morgan fingerprint density at radius 3 is 3.00 bits per heavy atom. The van der Waals surface area contributed by atoms with Crippen LogP contribution >= 0.6 is 11.3 Å². The van der Waals surface area contributed by atoms with E-state index in [-0.39, 0.29) is 5.91 Å². The van der Waals surface area contributed by atoms with Gasteiger partial charge in [-0.2, -0.15) is 11.3 Å². The fourth-order valence-corrected chi connectivity index (χ4v) is 2.25. The Labute approximate surface area is 106 Å². The molecule has 4 nitrogen and oxygen atoms in total. The van der Waals surface area contributed by atoms with E-state index in [1.54, 1.807) is 30.4 Å². The van der Waals surface area contributed by atoms with Crippen LogP contribution in [0.3, 0.4) is 0 Å². The van der Waals surface area contributed by atoms with Crippen molar-refractivity contribution in [2.24, 2.45) is 5.73 Å². The average Bonchev–Trinajstić information content (AvgIpc) is 2.81. The van der Waals surface area contributed by atoms with Gasteiger partial charge in [0.1, 0.15) is 0 Å². The number of carbonyl (C=O) groups is 1. The summed E-state index contributed by atoms with van der Waals surface area (Å²) in [5.41, 5.74) is 6.99. The van der Waals surface area contributed by atoms with Gasteiger partial charge in [-0.05, 0) is 35.2 Å². The lowest BCUT2D eigenvalue weighted by atomic mass is 10.1. The molecule has 1 rings (SSSR count). The molecule has 0 fully saturated rings. The lowest BCUT2D eigenvalue weighted by molar-refractivity contribution is -0.132. The van der Waals surface area contributed by atoms with Gasteiger partial charge >= 0.3 is 0 Å². The number of hydrogen-bond acceptors (Lipinski definition) is 4. The standard InChI is InChI=1S/C12H20N2O2S/c1-14(8-10-5-7-17-9-10)12(15)11(13)4-3-6-16-2/h5,7,9,11H,3-4,6,8,13H2,1-2H3. The summed E-state index contributed by atoms with van der Waals surface area (Å²) in [7, 11) is 3.44. The molecule has 1 aromatic rings. The van der Waals surface area contributed by atoms with Crippen LogP contribution in [0.25, 0.3) is 0 Å². The van der Waals surface area contributed by atoms with Crippen molar-refractivity contribution >= 4 is 17.2 Å². The van der Waals surface area contributed by atoms with Crippen LogP contribution in [0.5, 0.6) is 0 Å². The number of amides is 1. The largest absolute Gasteiger partial charge is 0.385 e. The third-order valence-electron chi connectivity index (χ3n) is 2.56. The van der Waals surface area contributed by atoms with E-state index in [2.05, 4.69) is 0 Å². The third-order valence-corrected chi connectivity index (χ3v) is 3.29. The van der Waals surface area contributed by atoms with Crippen molar-refractivity contribution in [1.29, 1.82) is 0 Å². The van der Waals surface area contributed by atoms with Gasteiger partial charge < -0.3 is 15.4 Å². The molecule has 1 aromatic heterocycles. The number of rotatable bonds is 7. The highest BCUT2D eigenvalue weighted by molar-refractivity contribution is 7.07. The molecule has 96 valence electrons. The maximum atomic E-state index is 11.9. The van der Waals surface area contributed by atoms with Crippen molar-refractivity contribution in [3.8, 4) is 0 Å². The second-order valence-electron chi connectivity index (χ2n) is 4.07. The highest BCUT2D eigenvalue weighted by Crippen LogP contribution is 2.09. The molecule has 5 heteroatoms. The first kappa shape index (κ1) is 14.2. The molecule has 0 saturated carbocycles. The van der Waals surface area contributed by atoms with E-state index >= 15 is 0 Å². The molecule has 1 heterocycles. The quantitative estimate of drug-likeness (QED) is 0.751. The fourth-order valence-electron chi connectivity index (χ4n) is 1.59. The number of nitrogens with zero attached hydrogens (tertiary/aromatic N) is 1. The Morgan fingerprint density at radius 1 is 1.65 bits per heavy atom. The number of nitrogens with two attached hydrogens (primary N) is 1. The van der Waals surface area contributed by atoms with Crippen LogP contribution in [0.15, 0.2) is 16.8 Å². The Morgan fingerprint density at radius 2 is 2.41 bits per heavy atom. The van der Waals surface area contributed by atoms with Gasteiger partial charge in [-0.1, -0.05) is 0 Å². The summed E-state index contributed by atoms with van der Waals surface area (Å²) in [5.74, 6) is -0.00713. The Bertz CT molecular complexity index is 327. The molecular weight excluding hydrogens is 236 g/mol. The summed E-state index contributed by atoms with van der Waals surface area (Å²) < 4.78 is 4.94. The smallest absolute Gasteiger partial charge is 0.239 e. The van der Waals surface area contributed by atoms with Crippen molar-refractivity contribution in [2.45, 2.75) is 25.4 Å². The number of ether oxygens (including phenoxy) is 1. The number of carbonyl (C=O) groups excluding carboxylic acids is 1. The normalized spacial score (nSPS) is 12.4. The first-order chi connectivity index (χ1) is 8.15. The molecule has 0 spiro atoms. The molecule has 0 aliphatic heterocycles. The van der Waals surface area contributed by atoms with Gasteiger partial charge in [0.15, 0.2) is 0 Å². The summed E-state index contributed by atoms with van der Waals surface area (Å²) in [5, 5.41) is 4.05. The monoisotopic (exact) mass is 256 g/mol.